The minimum Gasteiger partial charge on any atom is -0.497 e. The van der Waals surface area contributed by atoms with Gasteiger partial charge in [0.2, 0.25) is 0 Å². The van der Waals surface area contributed by atoms with E-state index < -0.39 is 0 Å². The van der Waals surface area contributed by atoms with E-state index >= 15 is 0 Å². The van der Waals surface area contributed by atoms with Crippen LogP contribution in [0.3, 0.4) is 0 Å². The van der Waals surface area contributed by atoms with E-state index in [-0.39, 0.29) is 0 Å². The number of anilines is 2. The van der Waals surface area contributed by atoms with Gasteiger partial charge < -0.3 is 24.2 Å². The number of aromatic nitrogens is 3. The van der Waals surface area contributed by atoms with Gasteiger partial charge in [-0.3, -0.25) is 0 Å². The zero-order valence-corrected chi connectivity index (χ0v) is 16.9. The summed E-state index contributed by atoms with van der Waals surface area (Å²) in [5, 5.41) is 7.47. The van der Waals surface area contributed by atoms with E-state index in [2.05, 4.69) is 25.3 Å². The lowest BCUT2D eigenvalue weighted by atomic mass is 10.0. The van der Waals surface area contributed by atoms with Crippen molar-refractivity contribution in [3.8, 4) is 23.0 Å². The van der Waals surface area contributed by atoms with E-state index in [1.54, 1.807) is 20.4 Å². The molecule has 0 spiro atoms. The third-order valence-electron chi connectivity index (χ3n) is 5.06. The van der Waals surface area contributed by atoms with E-state index in [4.69, 9.17) is 14.0 Å². The van der Waals surface area contributed by atoms with Gasteiger partial charge in [-0.05, 0) is 31.9 Å². The summed E-state index contributed by atoms with van der Waals surface area (Å²) in [5.74, 6) is 3.64. The van der Waals surface area contributed by atoms with Crippen molar-refractivity contribution in [3.05, 3.63) is 42.4 Å². The molecule has 0 saturated carbocycles. The van der Waals surface area contributed by atoms with Crippen LogP contribution in [0.5, 0.6) is 11.5 Å². The van der Waals surface area contributed by atoms with Gasteiger partial charge in [0.15, 0.2) is 5.82 Å². The van der Waals surface area contributed by atoms with Crippen molar-refractivity contribution in [2.75, 3.05) is 37.5 Å². The van der Waals surface area contributed by atoms with Crippen molar-refractivity contribution in [3.63, 3.8) is 0 Å². The molecule has 3 heterocycles. The fraction of sp³-hybridized carbons (Fsp3) is 0.381. The summed E-state index contributed by atoms with van der Waals surface area (Å²) >= 11 is 0. The number of rotatable bonds is 6. The zero-order valence-electron chi connectivity index (χ0n) is 16.9. The number of hydrogen-bond donors (Lipinski definition) is 1. The fourth-order valence-electron chi connectivity index (χ4n) is 3.52. The van der Waals surface area contributed by atoms with Crippen LogP contribution in [-0.2, 0) is 0 Å². The number of piperidine rings is 1. The van der Waals surface area contributed by atoms with Gasteiger partial charge in [-0.15, -0.1) is 0 Å². The van der Waals surface area contributed by atoms with Crippen LogP contribution in [0.15, 0.2) is 41.1 Å². The Bertz CT molecular complexity index is 944. The molecular weight excluding hydrogens is 370 g/mol. The number of methoxy groups -OCH3 is 2. The Morgan fingerprint density at radius 1 is 1.07 bits per heavy atom. The number of benzene rings is 1. The molecule has 0 unspecified atom stereocenters. The molecule has 2 aromatic heterocycles. The molecule has 152 valence electrons. The van der Waals surface area contributed by atoms with Gasteiger partial charge in [-0.2, -0.15) is 4.98 Å². The number of aryl methyl sites for hydroxylation is 1. The van der Waals surface area contributed by atoms with Gasteiger partial charge >= 0.3 is 0 Å². The Morgan fingerprint density at radius 3 is 2.41 bits per heavy atom. The van der Waals surface area contributed by atoms with Crippen LogP contribution >= 0.6 is 0 Å². The number of nitrogens with one attached hydrogen (secondary N) is 1. The van der Waals surface area contributed by atoms with Crippen molar-refractivity contribution >= 4 is 11.5 Å². The molecule has 29 heavy (non-hydrogen) atoms. The summed E-state index contributed by atoms with van der Waals surface area (Å²) in [4.78, 5) is 11.1. The number of nitrogens with zero attached hydrogens (tertiary/aromatic N) is 4. The molecule has 1 aliphatic rings. The van der Waals surface area contributed by atoms with Gasteiger partial charge in [0.05, 0.1) is 14.2 Å². The minimum atomic E-state index is 0.379. The molecule has 1 N–H and O–H groups in total. The standard InChI is InChI=1S/C21H25N5O3/c1-14-23-21(29-25-14)15-4-7-22-20(10-15)26-8-5-16(6-9-26)24-17-11-18(27-2)13-19(12-17)28-3/h4,7,10-13,16,24H,5-6,8-9H2,1-3H3. The summed E-state index contributed by atoms with van der Waals surface area (Å²) in [5.41, 5.74) is 1.89. The maximum absolute atomic E-state index is 5.36. The minimum absolute atomic E-state index is 0.379. The molecule has 0 bridgehead atoms. The fourth-order valence-corrected chi connectivity index (χ4v) is 3.52. The molecule has 4 rings (SSSR count). The van der Waals surface area contributed by atoms with Crippen LogP contribution in [0.25, 0.3) is 11.5 Å². The second-order valence-electron chi connectivity index (χ2n) is 7.06. The lowest BCUT2D eigenvalue weighted by molar-refractivity contribution is 0.394. The van der Waals surface area contributed by atoms with Gasteiger partial charge in [0.1, 0.15) is 17.3 Å². The van der Waals surface area contributed by atoms with Crippen molar-refractivity contribution in [1.29, 1.82) is 0 Å². The largest absolute Gasteiger partial charge is 0.497 e. The number of hydrogen-bond acceptors (Lipinski definition) is 8. The first-order valence-electron chi connectivity index (χ1n) is 9.66. The molecule has 0 radical (unpaired) electrons. The van der Waals surface area contributed by atoms with Crippen molar-refractivity contribution in [2.24, 2.45) is 0 Å². The Morgan fingerprint density at radius 2 is 1.79 bits per heavy atom. The summed E-state index contributed by atoms with van der Waals surface area (Å²) in [7, 11) is 3.32. The second-order valence-corrected chi connectivity index (χ2v) is 7.06. The van der Waals surface area contributed by atoms with E-state index in [1.165, 1.54) is 0 Å². The molecule has 3 aromatic rings. The Labute approximate surface area is 169 Å². The first kappa shape index (κ1) is 19.0. The number of ether oxygens (including phenoxy) is 2. The lowest BCUT2D eigenvalue weighted by Gasteiger charge is -2.33. The van der Waals surface area contributed by atoms with Crippen molar-refractivity contribution < 1.29 is 14.0 Å². The Kier molecular flexibility index (Phi) is 5.50. The van der Waals surface area contributed by atoms with Gasteiger partial charge in [0.25, 0.3) is 5.89 Å². The van der Waals surface area contributed by atoms with Crippen LogP contribution in [0.4, 0.5) is 11.5 Å². The van der Waals surface area contributed by atoms with Crippen LogP contribution in [0.1, 0.15) is 18.7 Å². The Balaban J connectivity index is 1.40. The smallest absolute Gasteiger partial charge is 0.258 e. The zero-order chi connectivity index (χ0) is 20.2. The molecule has 8 heteroatoms. The van der Waals surface area contributed by atoms with Crippen LogP contribution < -0.4 is 19.7 Å². The second kappa shape index (κ2) is 8.38. The van der Waals surface area contributed by atoms with E-state index in [9.17, 15) is 0 Å². The summed E-state index contributed by atoms with van der Waals surface area (Å²) < 4.78 is 16.0. The lowest BCUT2D eigenvalue weighted by Crippen LogP contribution is -2.39. The highest BCUT2D eigenvalue weighted by Gasteiger charge is 2.21. The average molecular weight is 395 g/mol. The maximum Gasteiger partial charge on any atom is 0.258 e. The molecule has 8 nitrogen and oxygen atoms in total. The molecule has 1 saturated heterocycles. The van der Waals surface area contributed by atoms with E-state index in [0.717, 1.165) is 54.5 Å². The van der Waals surface area contributed by atoms with Crippen LogP contribution in [-0.4, -0.2) is 48.5 Å². The SMILES string of the molecule is COc1cc(NC2CCN(c3cc(-c4nc(C)no4)ccn3)CC2)cc(OC)c1. The molecule has 1 aromatic carbocycles. The summed E-state index contributed by atoms with van der Waals surface area (Å²) in [6.07, 6.45) is 3.80. The Hall–Kier alpha value is -3.29. The van der Waals surface area contributed by atoms with Crippen molar-refractivity contribution in [1.82, 2.24) is 15.1 Å². The molecule has 1 fully saturated rings. The van der Waals surface area contributed by atoms with Crippen LogP contribution in [0.2, 0.25) is 0 Å². The number of pyridine rings is 1. The van der Waals surface area contributed by atoms with Gasteiger partial charge in [0, 0.05) is 54.8 Å². The summed E-state index contributed by atoms with van der Waals surface area (Å²) in [6.45, 7) is 3.64. The first-order chi connectivity index (χ1) is 14.1. The van der Waals surface area contributed by atoms with Gasteiger partial charge in [-0.25, -0.2) is 4.98 Å². The quantitative estimate of drug-likeness (QED) is 0.678. The highest BCUT2D eigenvalue weighted by atomic mass is 16.5. The molecular formula is C21H25N5O3. The normalized spacial score (nSPS) is 14.7. The molecule has 0 aliphatic carbocycles. The third kappa shape index (κ3) is 4.42. The molecule has 1 aliphatic heterocycles. The predicted molar refractivity (Wildman–Crippen MR) is 111 cm³/mol. The predicted octanol–water partition coefficient (Wildman–Crippen LogP) is 3.54. The molecule has 0 amide bonds. The summed E-state index contributed by atoms with van der Waals surface area (Å²) in [6, 6.07) is 10.1. The molecule has 0 atom stereocenters. The van der Waals surface area contributed by atoms with Gasteiger partial charge in [-0.1, -0.05) is 5.16 Å². The topological polar surface area (TPSA) is 85.5 Å². The monoisotopic (exact) mass is 395 g/mol. The van der Waals surface area contributed by atoms with E-state index in [0.29, 0.717) is 17.8 Å². The third-order valence-corrected chi connectivity index (χ3v) is 5.06. The average Bonchev–Trinajstić information content (AvgIpc) is 3.20. The highest BCUT2D eigenvalue weighted by molar-refractivity contribution is 5.59. The highest BCUT2D eigenvalue weighted by Crippen LogP contribution is 2.28. The maximum atomic E-state index is 5.36. The van der Waals surface area contributed by atoms with Crippen LogP contribution in [0, 0.1) is 6.92 Å². The van der Waals surface area contributed by atoms with E-state index in [1.807, 2.05) is 37.3 Å². The first-order valence-corrected chi connectivity index (χ1v) is 9.66. The van der Waals surface area contributed by atoms with Crippen molar-refractivity contribution in [2.45, 2.75) is 25.8 Å².